The smallest absolute Gasteiger partial charge is 0.407 e. The van der Waals surface area contributed by atoms with Crippen LogP contribution in [0.2, 0.25) is 0 Å². The van der Waals surface area contributed by atoms with E-state index in [2.05, 4.69) is 34.9 Å². The Bertz CT molecular complexity index is 1150. The lowest BCUT2D eigenvalue weighted by atomic mass is 9.98. The summed E-state index contributed by atoms with van der Waals surface area (Å²) in [7, 11) is 0. The van der Waals surface area contributed by atoms with Crippen molar-refractivity contribution >= 4 is 18.0 Å². The fourth-order valence-electron chi connectivity index (χ4n) is 6.43. The molecule has 2 aromatic carbocycles. The number of aliphatic carboxylic acids is 1. The molecule has 35 heavy (non-hydrogen) atoms. The molecule has 2 amide bonds. The lowest BCUT2D eigenvalue weighted by Gasteiger charge is -2.22. The third kappa shape index (κ3) is 4.07. The number of amides is 2. The Hall–Kier alpha value is -3.35. The van der Waals surface area contributed by atoms with Gasteiger partial charge in [-0.1, -0.05) is 48.5 Å². The monoisotopic (exact) mass is 474 g/mol. The molecule has 7 nitrogen and oxygen atoms in total. The molecule has 7 heteroatoms. The van der Waals surface area contributed by atoms with Crippen molar-refractivity contribution in [2.24, 2.45) is 17.3 Å². The van der Waals surface area contributed by atoms with Gasteiger partial charge in [0.05, 0.1) is 11.8 Å². The molecule has 4 aliphatic carbocycles. The van der Waals surface area contributed by atoms with Gasteiger partial charge >= 0.3 is 12.1 Å². The molecule has 0 aromatic heterocycles. The predicted molar refractivity (Wildman–Crippen MR) is 129 cm³/mol. The Morgan fingerprint density at radius 3 is 2.29 bits per heavy atom. The van der Waals surface area contributed by atoms with Crippen LogP contribution in [0.5, 0.6) is 0 Å². The standard InChI is InChI=1S/C28H30N2O5/c31-25(32)12-24(16-9-10-16)30-26(33)28-13-17(28)11-18(14-28)29-27(34)35-15-23-21-7-3-1-5-19(21)20-6-2-4-8-22(20)23/h1-8,16-18,23-24H,9-15H2,(H,29,34)(H,30,33)(H,31,32). The Labute approximate surface area is 204 Å². The summed E-state index contributed by atoms with van der Waals surface area (Å²) in [6, 6.07) is 16.1. The fourth-order valence-corrected chi connectivity index (χ4v) is 6.43. The quantitative estimate of drug-likeness (QED) is 0.535. The van der Waals surface area contributed by atoms with Crippen LogP contribution >= 0.6 is 0 Å². The van der Waals surface area contributed by atoms with E-state index in [1.54, 1.807) is 0 Å². The molecule has 0 heterocycles. The Balaban J connectivity index is 1.04. The van der Waals surface area contributed by atoms with Gasteiger partial charge in [0.25, 0.3) is 0 Å². The van der Waals surface area contributed by atoms with E-state index in [1.165, 1.54) is 22.3 Å². The Morgan fingerprint density at radius 1 is 1.00 bits per heavy atom. The molecule has 3 fully saturated rings. The van der Waals surface area contributed by atoms with Crippen LogP contribution in [0, 0.1) is 17.3 Å². The third-order valence-corrected chi connectivity index (χ3v) is 8.43. The van der Waals surface area contributed by atoms with Crippen molar-refractivity contribution in [3.05, 3.63) is 59.7 Å². The molecule has 4 unspecified atom stereocenters. The summed E-state index contributed by atoms with van der Waals surface area (Å²) in [5.74, 6) is -0.396. The number of hydrogen-bond donors (Lipinski definition) is 3. The number of carboxylic acid groups (broad SMARTS) is 1. The zero-order valence-corrected chi connectivity index (χ0v) is 19.5. The van der Waals surface area contributed by atoms with Crippen LogP contribution in [-0.4, -0.2) is 41.8 Å². The Morgan fingerprint density at radius 2 is 1.66 bits per heavy atom. The third-order valence-electron chi connectivity index (χ3n) is 8.43. The van der Waals surface area contributed by atoms with Crippen molar-refractivity contribution in [1.29, 1.82) is 0 Å². The van der Waals surface area contributed by atoms with Gasteiger partial charge in [-0.15, -0.1) is 0 Å². The van der Waals surface area contributed by atoms with Crippen molar-refractivity contribution in [1.82, 2.24) is 10.6 Å². The van der Waals surface area contributed by atoms with Gasteiger partial charge in [0, 0.05) is 18.0 Å². The normalized spacial score (nSPS) is 26.7. The first kappa shape index (κ1) is 22.1. The number of carbonyl (C=O) groups excluding carboxylic acids is 2. The summed E-state index contributed by atoms with van der Waals surface area (Å²) in [6.45, 7) is 0.264. The molecule has 6 rings (SSSR count). The minimum atomic E-state index is -0.881. The number of carboxylic acids is 1. The second-order valence-corrected chi connectivity index (χ2v) is 10.7. The number of hydrogen-bond acceptors (Lipinski definition) is 4. The first-order chi connectivity index (χ1) is 16.9. The highest BCUT2D eigenvalue weighted by molar-refractivity contribution is 5.87. The zero-order chi connectivity index (χ0) is 24.2. The van der Waals surface area contributed by atoms with Crippen LogP contribution in [-0.2, 0) is 14.3 Å². The van der Waals surface area contributed by atoms with Gasteiger partial charge in [-0.3, -0.25) is 9.59 Å². The highest BCUT2D eigenvalue weighted by Gasteiger charge is 2.65. The van der Waals surface area contributed by atoms with Gasteiger partial charge in [-0.25, -0.2) is 4.79 Å². The average molecular weight is 475 g/mol. The van der Waals surface area contributed by atoms with E-state index in [0.29, 0.717) is 6.42 Å². The van der Waals surface area contributed by atoms with Crippen LogP contribution in [0.3, 0.4) is 0 Å². The molecular formula is C28H30N2O5. The van der Waals surface area contributed by atoms with Crippen molar-refractivity contribution < 1.29 is 24.2 Å². The second-order valence-electron chi connectivity index (χ2n) is 10.7. The minimum absolute atomic E-state index is 0.0100. The Kier molecular flexibility index (Phi) is 5.31. The van der Waals surface area contributed by atoms with E-state index >= 15 is 0 Å². The van der Waals surface area contributed by atoms with E-state index in [-0.39, 0.29) is 48.8 Å². The average Bonchev–Trinajstić information content (AvgIpc) is 3.75. The summed E-state index contributed by atoms with van der Waals surface area (Å²) in [5, 5.41) is 15.2. The highest BCUT2D eigenvalue weighted by Crippen LogP contribution is 2.63. The maximum Gasteiger partial charge on any atom is 0.407 e. The summed E-state index contributed by atoms with van der Waals surface area (Å²) in [4.78, 5) is 36.9. The largest absolute Gasteiger partial charge is 0.481 e. The van der Waals surface area contributed by atoms with Crippen molar-refractivity contribution in [2.75, 3.05) is 6.61 Å². The van der Waals surface area contributed by atoms with E-state index < -0.39 is 17.5 Å². The first-order valence-electron chi connectivity index (χ1n) is 12.6. The molecule has 0 bridgehead atoms. The minimum Gasteiger partial charge on any atom is -0.481 e. The zero-order valence-electron chi connectivity index (χ0n) is 19.5. The second kappa shape index (κ2) is 8.40. The number of rotatable bonds is 8. The molecule has 4 aliphatic rings. The number of nitrogens with one attached hydrogen (secondary N) is 2. The summed E-state index contributed by atoms with van der Waals surface area (Å²) < 4.78 is 5.68. The van der Waals surface area contributed by atoms with Gasteiger partial charge in [0.1, 0.15) is 6.61 Å². The van der Waals surface area contributed by atoms with E-state index in [0.717, 1.165) is 25.7 Å². The van der Waals surface area contributed by atoms with Gasteiger partial charge in [-0.05, 0) is 66.2 Å². The van der Waals surface area contributed by atoms with Gasteiger partial charge in [0.15, 0.2) is 0 Å². The number of fused-ring (bicyclic) bond motifs is 4. The van der Waals surface area contributed by atoms with E-state index in [9.17, 15) is 19.5 Å². The molecule has 0 saturated heterocycles. The topological polar surface area (TPSA) is 105 Å². The number of ether oxygens (including phenoxy) is 1. The summed E-state index contributed by atoms with van der Waals surface area (Å²) >= 11 is 0. The molecule has 3 N–H and O–H groups in total. The van der Waals surface area contributed by atoms with Crippen LogP contribution in [0.25, 0.3) is 11.1 Å². The van der Waals surface area contributed by atoms with Gasteiger partial charge in [-0.2, -0.15) is 0 Å². The number of carbonyl (C=O) groups is 3. The molecule has 3 saturated carbocycles. The SMILES string of the molecule is O=C(O)CC(NC(=O)C12CC(NC(=O)OCC3c4ccccc4-c4ccccc43)CC1C2)C1CC1. The van der Waals surface area contributed by atoms with Crippen LogP contribution in [0.4, 0.5) is 4.79 Å². The van der Waals surface area contributed by atoms with Crippen LogP contribution in [0.15, 0.2) is 48.5 Å². The number of alkyl carbamates (subject to hydrolysis) is 1. The molecule has 2 aromatic rings. The molecule has 0 spiro atoms. The van der Waals surface area contributed by atoms with Gasteiger partial charge in [0.2, 0.25) is 5.91 Å². The fraction of sp³-hybridized carbons (Fsp3) is 0.464. The highest BCUT2D eigenvalue weighted by atomic mass is 16.5. The van der Waals surface area contributed by atoms with E-state index in [4.69, 9.17) is 4.74 Å². The molecule has 4 atom stereocenters. The van der Waals surface area contributed by atoms with E-state index in [1.807, 2.05) is 24.3 Å². The number of benzene rings is 2. The van der Waals surface area contributed by atoms with Crippen molar-refractivity contribution in [3.63, 3.8) is 0 Å². The molecule has 0 aliphatic heterocycles. The predicted octanol–water partition coefficient (Wildman–Crippen LogP) is 4.06. The van der Waals surface area contributed by atoms with Gasteiger partial charge < -0.3 is 20.5 Å². The van der Waals surface area contributed by atoms with Crippen LogP contribution < -0.4 is 10.6 Å². The molecular weight excluding hydrogens is 444 g/mol. The van der Waals surface area contributed by atoms with Crippen molar-refractivity contribution in [2.45, 2.75) is 56.5 Å². The van der Waals surface area contributed by atoms with Crippen molar-refractivity contribution in [3.8, 4) is 11.1 Å². The molecule has 0 radical (unpaired) electrons. The lowest BCUT2D eigenvalue weighted by Crippen LogP contribution is -2.43. The summed E-state index contributed by atoms with van der Waals surface area (Å²) in [5.41, 5.74) is 4.26. The first-order valence-corrected chi connectivity index (χ1v) is 12.6. The lowest BCUT2D eigenvalue weighted by molar-refractivity contribution is -0.138. The maximum absolute atomic E-state index is 13.0. The summed E-state index contributed by atoms with van der Waals surface area (Å²) in [6.07, 6.45) is 3.62. The molecule has 182 valence electrons. The van der Waals surface area contributed by atoms with Crippen LogP contribution in [0.1, 0.15) is 55.6 Å². The maximum atomic E-state index is 13.0.